The van der Waals surface area contributed by atoms with E-state index in [4.69, 9.17) is 0 Å². The SMILES string of the molecule is C=C1NC(=O)N(C(C)=O)[C@@H](c2cccc([N+](=O)[O-])c2)[C@H]1[N+](=O)[O-]. The summed E-state index contributed by atoms with van der Waals surface area (Å²) in [4.78, 5) is 45.3. The molecular weight excluding hydrogens is 308 g/mol. The number of amides is 3. The molecule has 0 spiro atoms. The molecule has 10 nitrogen and oxygen atoms in total. The zero-order chi connectivity index (χ0) is 17.3. The van der Waals surface area contributed by atoms with Crippen LogP contribution >= 0.6 is 0 Å². The molecule has 0 aliphatic carbocycles. The molecule has 1 N–H and O–H groups in total. The smallest absolute Gasteiger partial charge is 0.305 e. The zero-order valence-corrected chi connectivity index (χ0v) is 12.0. The number of imide groups is 1. The van der Waals surface area contributed by atoms with Gasteiger partial charge in [0.2, 0.25) is 5.91 Å². The molecule has 1 saturated heterocycles. The van der Waals surface area contributed by atoms with Gasteiger partial charge in [0.15, 0.2) is 0 Å². The predicted octanol–water partition coefficient (Wildman–Crippen LogP) is 1.37. The van der Waals surface area contributed by atoms with Gasteiger partial charge >= 0.3 is 6.03 Å². The Labute approximate surface area is 129 Å². The van der Waals surface area contributed by atoms with Crippen LogP contribution in [-0.4, -0.2) is 32.7 Å². The largest absolute Gasteiger partial charge is 0.329 e. The molecule has 1 aromatic rings. The van der Waals surface area contributed by atoms with Crippen LogP contribution in [0.15, 0.2) is 36.5 Å². The van der Waals surface area contributed by atoms with Crippen LogP contribution in [0.2, 0.25) is 0 Å². The van der Waals surface area contributed by atoms with Crippen molar-refractivity contribution in [2.24, 2.45) is 0 Å². The topological polar surface area (TPSA) is 136 Å². The summed E-state index contributed by atoms with van der Waals surface area (Å²) in [7, 11) is 0. The van der Waals surface area contributed by atoms with Crippen LogP contribution in [0.25, 0.3) is 0 Å². The van der Waals surface area contributed by atoms with E-state index in [1.165, 1.54) is 18.2 Å². The van der Waals surface area contributed by atoms with Gasteiger partial charge in [-0.2, -0.15) is 0 Å². The van der Waals surface area contributed by atoms with Crippen molar-refractivity contribution in [3.63, 3.8) is 0 Å². The Kier molecular flexibility index (Phi) is 4.08. The summed E-state index contributed by atoms with van der Waals surface area (Å²) in [5.74, 6) is -0.724. The summed E-state index contributed by atoms with van der Waals surface area (Å²) in [6, 6.07) is 1.33. The summed E-state index contributed by atoms with van der Waals surface area (Å²) >= 11 is 0. The van der Waals surface area contributed by atoms with Gasteiger partial charge in [0.05, 0.1) is 10.6 Å². The maximum atomic E-state index is 12.0. The summed E-state index contributed by atoms with van der Waals surface area (Å²) in [6.07, 6.45) is 0. The third-order valence-corrected chi connectivity index (χ3v) is 3.41. The van der Waals surface area contributed by atoms with Crippen LogP contribution < -0.4 is 5.32 Å². The molecular formula is C13H12N4O6. The minimum Gasteiger partial charge on any atom is -0.305 e. The number of hydrogen-bond donors (Lipinski definition) is 1. The molecule has 0 saturated carbocycles. The Hall–Kier alpha value is -3.30. The lowest BCUT2D eigenvalue weighted by Crippen LogP contribution is -2.57. The first-order valence-electron chi connectivity index (χ1n) is 6.41. The Morgan fingerprint density at radius 2 is 2.00 bits per heavy atom. The molecule has 0 bridgehead atoms. The van der Waals surface area contributed by atoms with E-state index in [1.807, 2.05) is 0 Å². The molecule has 2 rings (SSSR count). The minimum absolute atomic E-state index is 0.104. The van der Waals surface area contributed by atoms with Gasteiger partial charge in [-0.15, -0.1) is 0 Å². The van der Waals surface area contributed by atoms with Crippen LogP contribution in [-0.2, 0) is 4.79 Å². The number of nitro benzene ring substituents is 1. The van der Waals surface area contributed by atoms with Crippen LogP contribution in [0.5, 0.6) is 0 Å². The van der Waals surface area contributed by atoms with Gasteiger partial charge in [0.1, 0.15) is 6.04 Å². The van der Waals surface area contributed by atoms with E-state index in [9.17, 15) is 29.8 Å². The number of carbonyl (C=O) groups excluding carboxylic acids is 2. The first kappa shape index (κ1) is 16.1. The fourth-order valence-corrected chi connectivity index (χ4v) is 2.46. The lowest BCUT2D eigenvalue weighted by molar-refractivity contribution is -0.521. The molecule has 1 fully saturated rings. The Morgan fingerprint density at radius 3 is 2.52 bits per heavy atom. The van der Waals surface area contributed by atoms with Crippen molar-refractivity contribution in [1.82, 2.24) is 10.2 Å². The zero-order valence-electron chi connectivity index (χ0n) is 12.0. The number of non-ortho nitro benzene ring substituents is 1. The van der Waals surface area contributed by atoms with Gasteiger partial charge in [-0.1, -0.05) is 18.7 Å². The van der Waals surface area contributed by atoms with Crippen LogP contribution in [0.3, 0.4) is 0 Å². The molecule has 23 heavy (non-hydrogen) atoms. The first-order chi connectivity index (χ1) is 10.7. The quantitative estimate of drug-likeness (QED) is 0.659. The number of benzene rings is 1. The number of rotatable bonds is 3. The number of nitro groups is 2. The van der Waals surface area contributed by atoms with Crippen molar-refractivity contribution in [1.29, 1.82) is 0 Å². The van der Waals surface area contributed by atoms with E-state index < -0.39 is 33.9 Å². The van der Waals surface area contributed by atoms with Gasteiger partial charge in [0.25, 0.3) is 11.7 Å². The van der Waals surface area contributed by atoms with Gasteiger partial charge in [0, 0.05) is 24.0 Å². The number of carbonyl (C=O) groups is 2. The first-order valence-corrected chi connectivity index (χ1v) is 6.41. The van der Waals surface area contributed by atoms with E-state index in [1.54, 1.807) is 0 Å². The van der Waals surface area contributed by atoms with E-state index in [0.29, 0.717) is 4.90 Å². The van der Waals surface area contributed by atoms with E-state index in [2.05, 4.69) is 11.9 Å². The number of nitrogens with zero attached hydrogens (tertiary/aromatic N) is 3. The second kappa shape index (κ2) is 5.83. The normalized spacial score (nSPS) is 20.8. The highest BCUT2D eigenvalue weighted by atomic mass is 16.6. The Bertz CT molecular complexity index is 699. The molecule has 1 aliphatic heterocycles. The average Bonchev–Trinajstić information content (AvgIpc) is 2.45. The van der Waals surface area contributed by atoms with Gasteiger partial charge in [-0.05, 0) is 5.56 Å². The van der Waals surface area contributed by atoms with Crippen molar-refractivity contribution in [3.8, 4) is 0 Å². The maximum absolute atomic E-state index is 12.0. The summed E-state index contributed by atoms with van der Waals surface area (Å²) in [5.41, 5.74) is -0.384. The van der Waals surface area contributed by atoms with E-state index in [-0.39, 0.29) is 16.9 Å². The van der Waals surface area contributed by atoms with Gasteiger partial charge in [-0.3, -0.25) is 25.0 Å². The summed E-state index contributed by atoms with van der Waals surface area (Å²) < 4.78 is 0. The standard InChI is InChI=1S/C13H12N4O6/c1-7-11(17(22)23)12(15(8(2)18)13(19)14-7)9-4-3-5-10(6-9)16(20)21/h3-6,11-12H,1H2,2H3,(H,14,19)/t11-,12-/m0/s1. The van der Waals surface area contributed by atoms with Crippen molar-refractivity contribution >= 4 is 17.6 Å². The lowest BCUT2D eigenvalue weighted by atomic mass is 9.93. The van der Waals surface area contributed by atoms with Crippen LogP contribution in [0.4, 0.5) is 10.5 Å². The Morgan fingerprint density at radius 1 is 1.35 bits per heavy atom. The highest BCUT2D eigenvalue weighted by molar-refractivity contribution is 5.95. The van der Waals surface area contributed by atoms with E-state index in [0.717, 1.165) is 13.0 Å². The van der Waals surface area contributed by atoms with Crippen molar-refractivity contribution in [3.05, 3.63) is 62.3 Å². The van der Waals surface area contributed by atoms with Crippen molar-refractivity contribution < 1.29 is 19.4 Å². The lowest BCUT2D eigenvalue weighted by Gasteiger charge is -2.36. The molecule has 0 unspecified atom stereocenters. The summed E-state index contributed by atoms with van der Waals surface area (Å²) in [5, 5.41) is 24.4. The van der Waals surface area contributed by atoms with Crippen LogP contribution in [0, 0.1) is 20.2 Å². The number of nitrogens with one attached hydrogen (secondary N) is 1. The van der Waals surface area contributed by atoms with Gasteiger partial charge < -0.3 is 5.32 Å². The molecule has 2 atom stereocenters. The predicted molar refractivity (Wildman–Crippen MR) is 76.8 cm³/mol. The second-order valence-corrected chi connectivity index (χ2v) is 4.87. The fourth-order valence-electron chi connectivity index (χ4n) is 2.46. The van der Waals surface area contributed by atoms with E-state index >= 15 is 0 Å². The fraction of sp³-hybridized carbons (Fsp3) is 0.231. The summed E-state index contributed by atoms with van der Waals surface area (Å²) in [6.45, 7) is 4.53. The molecule has 1 heterocycles. The Balaban J connectivity index is 2.62. The highest BCUT2D eigenvalue weighted by Gasteiger charge is 2.48. The van der Waals surface area contributed by atoms with Gasteiger partial charge in [-0.25, -0.2) is 9.69 Å². The molecule has 120 valence electrons. The molecule has 1 aliphatic rings. The van der Waals surface area contributed by atoms with Crippen molar-refractivity contribution in [2.45, 2.75) is 19.0 Å². The highest BCUT2D eigenvalue weighted by Crippen LogP contribution is 2.34. The van der Waals surface area contributed by atoms with Crippen molar-refractivity contribution in [2.75, 3.05) is 0 Å². The molecule has 0 aromatic heterocycles. The maximum Gasteiger partial charge on any atom is 0.329 e. The molecule has 1 aromatic carbocycles. The minimum atomic E-state index is -1.52. The monoisotopic (exact) mass is 320 g/mol. The molecule has 0 radical (unpaired) electrons. The number of urea groups is 1. The molecule has 10 heteroatoms. The molecule has 3 amide bonds. The van der Waals surface area contributed by atoms with Crippen LogP contribution in [0.1, 0.15) is 18.5 Å². The average molecular weight is 320 g/mol. The third kappa shape index (κ3) is 2.86. The second-order valence-electron chi connectivity index (χ2n) is 4.87. The third-order valence-electron chi connectivity index (χ3n) is 3.41. The number of hydrogen-bond acceptors (Lipinski definition) is 6.